The minimum atomic E-state index is -2.33. The normalized spacial score (nSPS) is 11.5. The van der Waals surface area contributed by atoms with E-state index >= 15 is 0 Å². The fourth-order valence-corrected chi connectivity index (χ4v) is 12.5. The zero-order chi connectivity index (χ0) is 67.3. The number of unbranched alkanes of at least 4 members (excludes halogenated alkanes) is 54. The molecule has 0 aliphatic rings. The van der Waals surface area contributed by atoms with Gasteiger partial charge in [0.25, 0.3) is 0 Å². The van der Waals surface area contributed by atoms with Crippen molar-refractivity contribution in [2.75, 3.05) is 81.6 Å². The van der Waals surface area contributed by atoms with Crippen molar-refractivity contribution in [2.45, 2.75) is 427 Å². The van der Waals surface area contributed by atoms with E-state index in [1.54, 1.807) is 0 Å². The lowest BCUT2D eigenvalue weighted by atomic mass is 10.1. The molecule has 1 N–H and O–H groups in total. The second-order valence-electron chi connectivity index (χ2n) is 29.8. The average Bonchev–Trinajstić information content (AvgIpc) is 3.64. The summed E-state index contributed by atoms with van der Waals surface area (Å²) < 4.78 is 3.73. The van der Waals surface area contributed by atoms with Gasteiger partial charge in [0.15, 0.2) is 0 Å². The quantitative estimate of drug-likeness (QED) is 0.0478. The van der Waals surface area contributed by atoms with Crippen molar-refractivity contribution in [1.29, 1.82) is 0 Å². The number of carbonyl (C=O) groups excluding carboxylic acids is 1. The number of nitrogens with zero attached hydrogens (tertiary/aromatic N) is 3. The lowest BCUT2D eigenvalue weighted by Gasteiger charge is -2.30. The molecule has 0 aromatic carbocycles. The van der Waals surface area contributed by atoms with E-state index in [1.807, 2.05) is 0 Å². The maximum atomic E-state index is 8.44. The van der Waals surface area contributed by atoms with Gasteiger partial charge < -0.3 is 43.5 Å². The van der Waals surface area contributed by atoms with Gasteiger partial charge in [0.05, 0.1) is 81.6 Å². The Bertz CT molecular complexity index is 1060. The van der Waals surface area contributed by atoms with Crippen LogP contribution in [0.1, 0.15) is 427 Å². The third-order valence-electron chi connectivity index (χ3n) is 18.7. The first kappa shape index (κ1) is 96.1. The molecule has 0 radical (unpaired) electrons. The number of quaternary nitrogens is 3. The molecular formula is C80H169N3O6. The molecule has 0 aromatic heterocycles. The number of hydrogen-bond acceptors (Lipinski definition) is 5. The SMILES string of the molecule is CCCCCCCCCCCC[N+](C)(C)CCCCCCCCCCCC.CCCCCCCCCCCC[N+](C)(C)CCCCCCCCCCCC.CCCCCCCCCCCC[N+](C)(C)CCCCCCCCCCCC.O=C([O-])O.O=C([O-])[O-]. The van der Waals surface area contributed by atoms with Crippen LogP contribution in [0.15, 0.2) is 0 Å². The molecule has 0 amide bonds. The van der Waals surface area contributed by atoms with E-state index in [-0.39, 0.29) is 0 Å². The van der Waals surface area contributed by atoms with E-state index < -0.39 is 12.3 Å². The monoisotopic (exact) mass is 1270 g/mol. The molecule has 9 nitrogen and oxygen atoms in total. The lowest BCUT2D eigenvalue weighted by molar-refractivity contribution is -0.890. The van der Waals surface area contributed by atoms with Crippen molar-refractivity contribution in [2.24, 2.45) is 0 Å². The van der Waals surface area contributed by atoms with Gasteiger partial charge >= 0.3 is 0 Å². The van der Waals surface area contributed by atoms with Crippen LogP contribution in [0.4, 0.5) is 9.59 Å². The third-order valence-corrected chi connectivity index (χ3v) is 18.7. The van der Waals surface area contributed by atoms with Gasteiger partial charge in [0.2, 0.25) is 6.16 Å². The Kier molecular flexibility index (Phi) is 87.1. The van der Waals surface area contributed by atoms with Crippen LogP contribution in [0.2, 0.25) is 0 Å². The Morgan fingerprint density at radius 1 is 0.202 bits per heavy atom. The van der Waals surface area contributed by atoms with Crippen molar-refractivity contribution < 1.29 is 43.5 Å². The number of carboxylic acid groups (broad SMARTS) is 4. The minimum absolute atomic E-state index is 1.24. The highest BCUT2D eigenvalue weighted by atomic mass is 16.6. The van der Waals surface area contributed by atoms with Crippen molar-refractivity contribution in [3.05, 3.63) is 0 Å². The van der Waals surface area contributed by atoms with E-state index in [4.69, 9.17) is 30.0 Å². The van der Waals surface area contributed by atoms with E-state index in [9.17, 15) is 0 Å². The first-order valence-corrected chi connectivity index (χ1v) is 40.1. The van der Waals surface area contributed by atoms with Gasteiger partial charge in [-0.05, 0) is 83.2 Å². The molecule has 0 aliphatic carbocycles. The molecule has 0 fully saturated rings. The first-order valence-electron chi connectivity index (χ1n) is 40.1. The first-order chi connectivity index (χ1) is 42.8. The molecule has 0 aromatic rings. The minimum Gasteiger partial charge on any atom is -0.652 e. The topological polar surface area (TPSA) is 124 Å². The molecule has 0 saturated heterocycles. The van der Waals surface area contributed by atoms with Crippen LogP contribution in [0.3, 0.4) is 0 Å². The summed E-state index contributed by atoms with van der Waals surface area (Å²) in [7, 11) is 14.7. The highest BCUT2D eigenvalue weighted by Crippen LogP contribution is 2.19. The molecule has 0 aliphatic heterocycles. The summed E-state index contributed by atoms with van der Waals surface area (Å²) >= 11 is 0. The largest absolute Gasteiger partial charge is 0.652 e. The summed E-state index contributed by atoms with van der Waals surface area (Å²) in [5.74, 6) is 0. The van der Waals surface area contributed by atoms with Gasteiger partial charge in [0.1, 0.15) is 0 Å². The summed E-state index contributed by atoms with van der Waals surface area (Å²) in [5, 5.41) is 32.0. The van der Waals surface area contributed by atoms with Gasteiger partial charge in [-0.2, -0.15) is 0 Å². The smallest absolute Gasteiger partial charge is 0.249 e. The predicted octanol–water partition coefficient (Wildman–Crippen LogP) is 23.2. The number of rotatable bonds is 66. The lowest BCUT2D eigenvalue weighted by Crippen LogP contribution is -2.41. The molecule has 89 heavy (non-hydrogen) atoms. The molecule has 0 rings (SSSR count). The number of carbonyl (C=O) groups is 2. The second-order valence-corrected chi connectivity index (χ2v) is 29.8. The van der Waals surface area contributed by atoms with E-state index in [0.29, 0.717) is 0 Å². The standard InChI is InChI=1S/3C26H56N.2CH2O3/c3*1-5-7-9-11-13-15-17-19-21-23-25-27(3,4)26-24-22-20-18-16-14-12-10-8-6-2;2*2-1(3)4/h3*5-26H2,1-4H3;2*(H2,2,3,4)/q3*+1;;/p-3. The van der Waals surface area contributed by atoms with Crippen LogP contribution in [0.25, 0.3) is 0 Å². The van der Waals surface area contributed by atoms with Gasteiger partial charge in [-0.3, -0.25) is 0 Å². The Balaban J connectivity index is -0.000000372. The zero-order valence-corrected chi connectivity index (χ0v) is 63.5. The van der Waals surface area contributed by atoms with Crippen LogP contribution < -0.4 is 15.3 Å². The molecule has 540 valence electrons. The highest BCUT2D eigenvalue weighted by Gasteiger charge is 2.16. The van der Waals surface area contributed by atoms with E-state index in [0.717, 1.165) is 0 Å². The van der Waals surface area contributed by atoms with E-state index in [2.05, 4.69) is 83.8 Å². The highest BCUT2D eigenvalue weighted by molar-refractivity contribution is 5.50. The molecule has 0 unspecified atom stereocenters. The zero-order valence-electron chi connectivity index (χ0n) is 63.5. The van der Waals surface area contributed by atoms with Gasteiger partial charge in [-0.25, -0.2) is 0 Å². The van der Waals surface area contributed by atoms with Crippen molar-refractivity contribution in [1.82, 2.24) is 0 Å². The van der Waals surface area contributed by atoms with Crippen LogP contribution in [0.5, 0.6) is 0 Å². The third kappa shape index (κ3) is 105. The number of hydrogen-bond donors (Lipinski definition) is 1. The van der Waals surface area contributed by atoms with Crippen LogP contribution in [-0.2, 0) is 0 Å². The summed E-state index contributed by atoms with van der Waals surface area (Å²) in [4.78, 5) is 16.8. The maximum absolute atomic E-state index is 8.44. The Labute approximate surface area is 561 Å². The molecule has 0 bridgehead atoms. The molecule has 0 spiro atoms. The Hall–Kier alpha value is -1.58. The Morgan fingerprint density at radius 2 is 0.270 bits per heavy atom. The second kappa shape index (κ2) is 80.7. The van der Waals surface area contributed by atoms with Crippen LogP contribution in [0, 0.1) is 0 Å². The summed E-state index contributed by atoms with van der Waals surface area (Å²) in [6.45, 7) is 22.1. The van der Waals surface area contributed by atoms with Gasteiger partial charge in [-0.15, -0.1) is 0 Å². The summed E-state index contributed by atoms with van der Waals surface area (Å²) in [5.41, 5.74) is 0. The van der Waals surface area contributed by atoms with Crippen molar-refractivity contribution in [3.8, 4) is 0 Å². The molecule has 0 saturated carbocycles. The maximum Gasteiger partial charge on any atom is 0.249 e. The molecule has 0 atom stereocenters. The van der Waals surface area contributed by atoms with Gasteiger partial charge in [0, 0.05) is 0 Å². The fraction of sp³-hybridized carbons (Fsp3) is 0.975. The van der Waals surface area contributed by atoms with Gasteiger partial charge in [-0.1, -0.05) is 350 Å². The average molecular weight is 1270 g/mol. The van der Waals surface area contributed by atoms with Crippen molar-refractivity contribution >= 4 is 12.3 Å². The Morgan fingerprint density at radius 3 is 0.348 bits per heavy atom. The molecule has 9 heteroatoms. The fourth-order valence-electron chi connectivity index (χ4n) is 12.5. The van der Waals surface area contributed by atoms with E-state index in [1.165, 1.54) is 438 Å². The van der Waals surface area contributed by atoms with Crippen LogP contribution in [-0.4, -0.2) is 112 Å². The van der Waals surface area contributed by atoms with Crippen LogP contribution >= 0.6 is 0 Å². The summed E-state index contributed by atoms with van der Waals surface area (Å²) in [6.07, 6.45) is 82.6. The van der Waals surface area contributed by atoms with Crippen molar-refractivity contribution in [3.63, 3.8) is 0 Å². The summed E-state index contributed by atoms with van der Waals surface area (Å²) in [6, 6.07) is 0. The molecular weight excluding hydrogens is 1100 g/mol. The predicted molar refractivity (Wildman–Crippen MR) is 390 cm³/mol. The molecule has 0 heterocycles.